The highest BCUT2D eigenvalue weighted by molar-refractivity contribution is 9.10. The molecule has 7 heteroatoms. The predicted molar refractivity (Wildman–Crippen MR) is 140 cm³/mol. The average molecular weight is 515 g/mol. The molecule has 0 bridgehead atoms. The average Bonchev–Trinajstić information content (AvgIpc) is 2.75. The van der Waals surface area contributed by atoms with Crippen LogP contribution in [0.25, 0.3) is 0 Å². The van der Waals surface area contributed by atoms with Crippen molar-refractivity contribution in [1.82, 2.24) is 0 Å². The summed E-state index contributed by atoms with van der Waals surface area (Å²) in [6.45, 7) is 4.06. The second kappa shape index (κ2) is 11.3. The maximum Gasteiger partial charge on any atom is 0.237 e. The van der Waals surface area contributed by atoms with Crippen LogP contribution in [0.2, 0.25) is 0 Å². The molecule has 0 saturated carbocycles. The number of aryl methyl sites for hydroxylation is 1. The van der Waals surface area contributed by atoms with Crippen LogP contribution in [0.4, 0.5) is 17.1 Å². The van der Waals surface area contributed by atoms with Crippen LogP contribution < -0.4 is 16.0 Å². The molecule has 0 aliphatic heterocycles. The SMILES string of the molecule is CCC(Sc1cccc(NC(=S)Nc2ccc(C)cc2)c1)C(=O)Nc1ccccc1Br. The molecule has 3 rings (SSSR count). The summed E-state index contributed by atoms with van der Waals surface area (Å²) >= 11 is 10.4. The molecule has 0 aliphatic rings. The molecule has 3 aromatic carbocycles. The van der Waals surface area contributed by atoms with E-state index in [9.17, 15) is 4.79 Å². The first kappa shape index (κ1) is 23.3. The summed E-state index contributed by atoms with van der Waals surface area (Å²) in [7, 11) is 0. The molecule has 0 heterocycles. The molecule has 0 aliphatic carbocycles. The number of carbonyl (C=O) groups is 1. The summed E-state index contributed by atoms with van der Waals surface area (Å²) in [5.74, 6) is -0.0191. The lowest BCUT2D eigenvalue weighted by Crippen LogP contribution is -2.24. The van der Waals surface area contributed by atoms with Gasteiger partial charge in [-0.25, -0.2) is 0 Å². The summed E-state index contributed by atoms with van der Waals surface area (Å²) in [6.07, 6.45) is 0.714. The Morgan fingerprint density at radius 2 is 1.68 bits per heavy atom. The lowest BCUT2D eigenvalue weighted by Gasteiger charge is -2.16. The largest absolute Gasteiger partial charge is 0.332 e. The standard InChI is InChI=1S/C24H24BrN3OS2/c1-3-22(23(29)28-21-10-5-4-9-20(21)25)31-19-8-6-7-18(15-19)27-24(30)26-17-13-11-16(2)12-14-17/h4-15,22H,3H2,1-2H3,(H,28,29)(H2,26,27,30). The number of hydrogen-bond acceptors (Lipinski definition) is 3. The van der Waals surface area contributed by atoms with Crippen molar-refractivity contribution in [1.29, 1.82) is 0 Å². The summed E-state index contributed by atoms with van der Waals surface area (Å²) in [5, 5.41) is 9.71. The van der Waals surface area contributed by atoms with Gasteiger partial charge in [-0.15, -0.1) is 11.8 Å². The number of benzene rings is 3. The van der Waals surface area contributed by atoms with Crippen LogP contribution in [0.5, 0.6) is 0 Å². The van der Waals surface area contributed by atoms with E-state index in [2.05, 4.69) is 31.9 Å². The first-order chi connectivity index (χ1) is 14.9. The van der Waals surface area contributed by atoms with Gasteiger partial charge in [0.2, 0.25) is 5.91 Å². The zero-order chi connectivity index (χ0) is 22.2. The summed E-state index contributed by atoms with van der Waals surface area (Å²) < 4.78 is 0.865. The number of anilines is 3. The third-order valence-corrected chi connectivity index (χ3v) is 6.73. The van der Waals surface area contributed by atoms with Gasteiger partial charge in [0, 0.05) is 20.7 Å². The van der Waals surface area contributed by atoms with Crippen molar-refractivity contribution in [3.63, 3.8) is 0 Å². The molecule has 31 heavy (non-hydrogen) atoms. The number of carbonyl (C=O) groups excluding carboxylic acids is 1. The van der Waals surface area contributed by atoms with Crippen LogP contribution >= 0.6 is 39.9 Å². The fourth-order valence-corrected chi connectivity index (χ4v) is 4.47. The highest BCUT2D eigenvalue weighted by Gasteiger charge is 2.19. The molecule has 0 saturated heterocycles. The second-order valence-corrected chi connectivity index (χ2v) is 9.50. The van der Waals surface area contributed by atoms with Gasteiger partial charge >= 0.3 is 0 Å². The smallest absolute Gasteiger partial charge is 0.237 e. The van der Waals surface area contributed by atoms with Crippen molar-refractivity contribution < 1.29 is 4.79 Å². The Bertz CT molecular complexity index is 1060. The number of para-hydroxylation sites is 1. The van der Waals surface area contributed by atoms with Crippen LogP contribution in [-0.2, 0) is 4.79 Å². The number of amides is 1. The summed E-state index contributed by atoms with van der Waals surface area (Å²) in [4.78, 5) is 13.8. The number of nitrogens with one attached hydrogen (secondary N) is 3. The third kappa shape index (κ3) is 7.09. The Morgan fingerprint density at radius 3 is 2.39 bits per heavy atom. The van der Waals surface area contributed by atoms with Crippen molar-refractivity contribution >= 4 is 68.0 Å². The molecule has 3 N–H and O–H groups in total. The number of halogens is 1. The van der Waals surface area contributed by atoms with E-state index in [1.54, 1.807) is 0 Å². The Morgan fingerprint density at radius 1 is 0.968 bits per heavy atom. The molecule has 160 valence electrons. The van der Waals surface area contributed by atoms with Crippen molar-refractivity contribution in [2.75, 3.05) is 16.0 Å². The Balaban J connectivity index is 1.61. The first-order valence-corrected chi connectivity index (χ1v) is 12.0. The zero-order valence-electron chi connectivity index (χ0n) is 17.3. The van der Waals surface area contributed by atoms with E-state index in [4.69, 9.17) is 12.2 Å². The van der Waals surface area contributed by atoms with E-state index < -0.39 is 0 Å². The van der Waals surface area contributed by atoms with Crippen molar-refractivity contribution in [2.45, 2.75) is 30.4 Å². The fourth-order valence-electron chi connectivity index (χ4n) is 2.84. The molecule has 0 spiro atoms. The monoisotopic (exact) mass is 513 g/mol. The van der Waals surface area contributed by atoms with E-state index in [1.165, 1.54) is 17.3 Å². The highest BCUT2D eigenvalue weighted by atomic mass is 79.9. The first-order valence-electron chi connectivity index (χ1n) is 9.91. The Labute approximate surface area is 201 Å². The Hall–Kier alpha value is -2.35. The molecule has 1 unspecified atom stereocenters. The van der Waals surface area contributed by atoms with Gasteiger partial charge in [-0.2, -0.15) is 0 Å². The van der Waals surface area contributed by atoms with Crippen LogP contribution in [0, 0.1) is 6.92 Å². The topological polar surface area (TPSA) is 53.2 Å². The molecular formula is C24H24BrN3OS2. The van der Waals surface area contributed by atoms with Crippen molar-refractivity contribution in [2.24, 2.45) is 0 Å². The lowest BCUT2D eigenvalue weighted by molar-refractivity contribution is -0.115. The molecule has 3 aromatic rings. The molecule has 4 nitrogen and oxygen atoms in total. The quantitative estimate of drug-likeness (QED) is 0.233. The predicted octanol–water partition coefficient (Wildman–Crippen LogP) is 7.08. The van der Waals surface area contributed by atoms with Crippen LogP contribution in [0.1, 0.15) is 18.9 Å². The molecule has 1 atom stereocenters. The minimum atomic E-state index is -0.208. The van der Waals surface area contributed by atoms with Gasteiger partial charge in [-0.1, -0.05) is 42.8 Å². The Kier molecular flexibility index (Phi) is 8.51. The minimum Gasteiger partial charge on any atom is -0.332 e. The maximum atomic E-state index is 12.8. The normalized spacial score (nSPS) is 11.5. The second-order valence-electron chi connectivity index (χ2n) is 6.96. The van der Waals surface area contributed by atoms with E-state index in [1.807, 2.05) is 86.6 Å². The van der Waals surface area contributed by atoms with Gasteiger partial charge in [0.15, 0.2) is 5.11 Å². The van der Waals surface area contributed by atoms with Crippen LogP contribution in [0.15, 0.2) is 82.2 Å². The molecule has 0 fully saturated rings. The third-order valence-electron chi connectivity index (χ3n) is 4.47. The van der Waals surface area contributed by atoms with Gasteiger partial charge in [-0.05, 0) is 84.0 Å². The van der Waals surface area contributed by atoms with E-state index in [0.717, 1.165) is 26.4 Å². The number of thiocarbonyl (C=S) groups is 1. The van der Waals surface area contributed by atoms with Gasteiger partial charge in [0.1, 0.15) is 0 Å². The van der Waals surface area contributed by atoms with Crippen LogP contribution in [0.3, 0.4) is 0 Å². The molecule has 0 aromatic heterocycles. The van der Waals surface area contributed by atoms with Crippen molar-refractivity contribution in [3.8, 4) is 0 Å². The maximum absolute atomic E-state index is 12.8. The van der Waals surface area contributed by atoms with E-state index in [0.29, 0.717) is 11.5 Å². The fraction of sp³-hybridized carbons (Fsp3) is 0.167. The molecule has 1 amide bonds. The van der Waals surface area contributed by atoms with Gasteiger partial charge in [0.25, 0.3) is 0 Å². The lowest BCUT2D eigenvalue weighted by atomic mass is 10.2. The number of thioether (sulfide) groups is 1. The van der Waals surface area contributed by atoms with Gasteiger partial charge < -0.3 is 16.0 Å². The minimum absolute atomic E-state index is 0.0191. The zero-order valence-corrected chi connectivity index (χ0v) is 20.5. The summed E-state index contributed by atoms with van der Waals surface area (Å²) in [5.41, 5.74) is 3.77. The highest BCUT2D eigenvalue weighted by Crippen LogP contribution is 2.29. The number of hydrogen-bond donors (Lipinski definition) is 3. The van der Waals surface area contributed by atoms with E-state index >= 15 is 0 Å². The number of rotatable bonds is 7. The van der Waals surface area contributed by atoms with E-state index in [-0.39, 0.29) is 11.2 Å². The molecule has 0 radical (unpaired) electrons. The van der Waals surface area contributed by atoms with Gasteiger partial charge in [-0.3, -0.25) is 4.79 Å². The van der Waals surface area contributed by atoms with Crippen LogP contribution in [-0.4, -0.2) is 16.3 Å². The van der Waals surface area contributed by atoms with Gasteiger partial charge in [0.05, 0.1) is 10.9 Å². The molecular weight excluding hydrogens is 490 g/mol. The van der Waals surface area contributed by atoms with Crippen molar-refractivity contribution in [3.05, 3.63) is 82.8 Å². The summed E-state index contributed by atoms with van der Waals surface area (Å²) in [6, 6.07) is 23.6.